The summed E-state index contributed by atoms with van der Waals surface area (Å²) < 4.78 is 6.26. The van der Waals surface area contributed by atoms with Crippen LogP contribution in [0.15, 0.2) is 18.3 Å². The van der Waals surface area contributed by atoms with Crippen molar-refractivity contribution in [3.63, 3.8) is 0 Å². The standard InChI is InChI=1S/C11H12N2O4/c1-17-11(16)10-8-6-7(15)2-4-13(8)9(12-10)3-5-14/h2,4,6,14-15H,3,5H2,1H3. The topological polar surface area (TPSA) is 84.1 Å². The number of carbonyl (C=O) groups is 1. The molecule has 0 aliphatic heterocycles. The first kappa shape index (κ1) is 11.4. The van der Waals surface area contributed by atoms with E-state index in [1.807, 2.05) is 0 Å². The zero-order valence-electron chi connectivity index (χ0n) is 9.25. The first-order valence-electron chi connectivity index (χ1n) is 5.06. The molecule has 0 bridgehead atoms. The van der Waals surface area contributed by atoms with E-state index in [1.54, 1.807) is 10.6 Å². The zero-order chi connectivity index (χ0) is 12.4. The van der Waals surface area contributed by atoms with Crippen molar-refractivity contribution in [2.24, 2.45) is 0 Å². The van der Waals surface area contributed by atoms with E-state index in [4.69, 9.17) is 5.11 Å². The number of aromatic hydroxyl groups is 1. The van der Waals surface area contributed by atoms with Crippen LogP contribution in [0.3, 0.4) is 0 Å². The number of hydrogen-bond donors (Lipinski definition) is 2. The third-order valence-electron chi connectivity index (χ3n) is 2.41. The predicted molar refractivity (Wildman–Crippen MR) is 59.0 cm³/mol. The van der Waals surface area contributed by atoms with Crippen LogP contribution in [0.4, 0.5) is 0 Å². The molecule has 0 saturated carbocycles. The van der Waals surface area contributed by atoms with Crippen molar-refractivity contribution in [1.82, 2.24) is 9.38 Å². The maximum atomic E-state index is 11.5. The van der Waals surface area contributed by atoms with Crippen LogP contribution in [0, 0.1) is 0 Å². The molecule has 0 aromatic carbocycles. The number of rotatable bonds is 3. The third kappa shape index (κ3) is 1.94. The number of imidazole rings is 1. The van der Waals surface area contributed by atoms with Gasteiger partial charge in [0.15, 0.2) is 5.69 Å². The second kappa shape index (κ2) is 4.42. The summed E-state index contributed by atoms with van der Waals surface area (Å²) in [6.45, 7) is -0.0688. The van der Waals surface area contributed by atoms with Crippen LogP contribution in [0.25, 0.3) is 5.52 Å². The van der Waals surface area contributed by atoms with Gasteiger partial charge >= 0.3 is 5.97 Å². The molecule has 0 saturated heterocycles. The second-order valence-corrected chi connectivity index (χ2v) is 3.48. The Morgan fingerprint density at radius 1 is 1.59 bits per heavy atom. The molecule has 0 amide bonds. The Bertz CT molecular complexity index is 562. The molecule has 0 radical (unpaired) electrons. The van der Waals surface area contributed by atoms with E-state index in [0.29, 0.717) is 17.8 Å². The van der Waals surface area contributed by atoms with Crippen molar-refractivity contribution in [2.75, 3.05) is 13.7 Å². The van der Waals surface area contributed by atoms with Crippen molar-refractivity contribution in [2.45, 2.75) is 6.42 Å². The van der Waals surface area contributed by atoms with Crippen molar-refractivity contribution < 1.29 is 19.7 Å². The summed E-state index contributed by atoms with van der Waals surface area (Å²) in [7, 11) is 1.27. The van der Waals surface area contributed by atoms with Crippen molar-refractivity contribution >= 4 is 11.5 Å². The van der Waals surface area contributed by atoms with Gasteiger partial charge in [0.05, 0.1) is 19.2 Å². The summed E-state index contributed by atoms with van der Waals surface area (Å²) in [5.74, 6) is 0.0123. The van der Waals surface area contributed by atoms with Gasteiger partial charge in [-0.2, -0.15) is 0 Å². The Morgan fingerprint density at radius 3 is 3.00 bits per heavy atom. The minimum Gasteiger partial charge on any atom is -0.508 e. The highest BCUT2D eigenvalue weighted by Gasteiger charge is 2.17. The first-order valence-corrected chi connectivity index (χ1v) is 5.06. The highest BCUT2D eigenvalue weighted by atomic mass is 16.5. The normalized spacial score (nSPS) is 10.7. The van der Waals surface area contributed by atoms with Gasteiger partial charge in [-0.25, -0.2) is 9.78 Å². The lowest BCUT2D eigenvalue weighted by Gasteiger charge is -1.99. The van der Waals surface area contributed by atoms with Gasteiger partial charge in [0, 0.05) is 18.7 Å². The molecule has 90 valence electrons. The minimum absolute atomic E-state index is 0.0399. The molecule has 2 N–H and O–H groups in total. The van der Waals surface area contributed by atoms with E-state index in [2.05, 4.69) is 9.72 Å². The number of carbonyl (C=O) groups excluding carboxylic acids is 1. The number of pyridine rings is 1. The summed E-state index contributed by atoms with van der Waals surface area (Å²) in [6.07, 6.45) is 1.91. The Balaban J connectivity index is 2.66. The molecular weight excluding hydrogens is 224 g/mol. The van der Waals surface area contributed by atoms with Crippen molar-refractivity contribution in [1.29, 1.82) is 0 Å². The van der Waals surface area contributed by atoms with Gasteiger partial charge < -0.3 is 19.4 Å². The summed E-state index contributed by atoms with van der Waals surface area (Å²) >= 11 is 0. The monoisotopic (exact) mass is 236 g/mol. The molecular formula is C11H12N2O4. The number of aliphatic hydroxyl groups is 1. The van der Waals surface area contributed by atoms with Gasteiger partial charge in [0.1, 0.15) is 11.6 Å². The van der Waals surface area contributed by atoms with Crippen LogP contribution in [0.1, 0.15) is 16.3 Å². The van der Waals surface area contributed by atoms with Crippen molar-refractivity contribution in [3.8, 4) is 5.75 Å². The Kier molecular flexibility index (Phi) is 2.97. The van der Waals surface area contributed by atoms with E-state index in [9.17, 15) is 9.90 Å². The van der Waals surface area contributed by atoms with Crippen molar-refractivity contribution in [3.05, 3.63) is 29.8 Å². The van der Waals surface area contributed by atoms with E-state index in [0.717, 1.165) is 0 Å². The molecule has 0 spiro atoms. The van der Waals surface area contributed by atoms with Gasteiger partial charge in [0.2, 0.25) is 0 Å². The maximum Gasteiger partial charge on any atom is 0.358 e. The molecule has 17 heavy (non-hydrogen) atoms. The summed E-state index contributed by atoms with van der Waals surface area (Å²) in [4.78, 5) is 15.6. The summed E-state index contributed by atoms with van der Waals surface area (Å²) in [5.41, 5.74) is 0.590. The molecule has 2 aromatic rings. The van der Waals surface area contributed by atoms with Gasteiger partial charge in [-0.15, -0.1) is 0 Å². The lowest BCUT2D eigenvalue weighted by atomic mass is 10.3. The Hall–Kier alpha value is -2.08. The molecule has 0 aliphatic carbocycles. The number of aliphatic hydroxyl groups excluding tert-OH is 1. The number of hydrogen-bond acceptors (Lipinski definition) is 5. The Morgan fingerprint density at radius 2 is 2.35 bits per heavy atom. The van der Waals surface area contributed by atoms with E-state index in [1.165, 1.54) is 19.2 Å². The van der Waals surface area contributed by atoms with E-state index < -0.39 is 5.97 Å². The van der Waals surface area contributed by atoms with Crippen LogP contribution in [-0.4, -0.2) is 39.3 Å². The van der Waals surface area contributed by atoms with Crippen LogP contribution >= 0.6 is 0 Å². The SMILES string of the molecule is COC(=O)c1nc(CCO)n2ccc(O)cc12. The molecule has 0 fully saturated rings. The number of ether oxygens (including phenoxy) is 1. The summed E-state index contributed by atoms with van der Waals surface area (Å²) in [5, 5.41) is 18.3. The van der Waals surface area contributed by atoms with E-state index in [-0.39, 0.29) is 18.1 Å². The molecule has 6 nitrogen and oxygen atoms in total. The van der Waals surface area contributed by atoms with Crippen LogP contribution in [0.5, 0.6) is 5.75 Å². The number of aromatic nitrogens is 2. The highest BCUT2D eigenvalue weighted by Crippen LogP contribution is 2.19. The fourth-order valence-electron chi connectivity index (χ4n) is 1.66. The quantitative estimate of drug-likeness (QED) is 0.752. The average molecular weight is 236 g/mol. The smallest absolute Gasteiger partial charge is 0.358 e. The lowest BCUT2D eigenvalue weighted by molar-refractivity contribution is 0.0596. The summed E-state index contributed by atoms with van der Waals surface area (Å²) in [6, 6.07) is 2.91. The number of esters is 1. The lowest BCUT2D eigenvalue weighted by Crippen LogP contribution is -2.02. The van der Waals surface area contributed by atoms with Gasteiger partial charge in [-0.3, -0.25) is 0 Å². The fraction of sp³-hybridized carbons (Fsp3) is 0.273. The molecule has 0 atom stereocenters. The van der Waals surface area contributed by atoms with Crippen LogP contribution < -0.4 is 0 Å². The van der Waals surface area contributed by atoms with Gasteiger partial charge in [-0.05, 0) is 6.07 Å². The second-order valence-electron chi connectivity index (χ2n) is 3.48. The van der Waals surface area contributed by atoms with E-state index >= 15 is 0 Å². The third-order valence-corrected chi connectivity index (χ3v) is 2.41. The van der Waals surface area contributed by atoms with Gasteiger partial charge in [-0.1, -0.05) is 0 Å². The predicted octanol–water partition coefficient (Wildman–Crippen LogP) is 0.361. The number of fused-ring (bicyclic) bond motifs is 1. The molecule has 2 aromatic heterocycles. The van der Waals surface area contributed by atoms with Gasteiger partial charge in [0.25, 0.3) is 0 Å². The molecule has 0 unspecified atom stereocenters. The number of methoxy groups -OCH3 is 1. The minimum atomic E-state index is -0.572. The van der Waals surface area contributed by atoms with Crippen LogP contribution in [0.2, 0.25) is 0 Å². The fourth-order valence-corrected chi connectivity index (χ4v) is 1.66. The Labute approximate surface area is 97.1 Å². The maximum absolute atomic E-state index is 11.5. The largest absolute Gasteiger partial charge is 0.508 e. The highest BCUT2D eigenvalue weighted by molar-refractivity contribution is 5.95. The molecule has 6 heteroatoms. The first-order chi connectivity index (χ1) is 8.17. The molecule has 2 rings (SSSR count). The zero-order valence-corrected chi connectivity index (χ0v) is 9.25. The molecule has 0 aliphatic rings. The average Bonchev–Trinajstić information content (AvgIpc) is 2.67. The molecule has 2 heterocycles. The number of nitrogens with zero attached hydrogens (tertiary/aromatic N) is 2. The van der Waals surface area contributed by atoms with Crippen LogP contribution in [-0.2, 0) is 11.2 Å².